The Morgan fingerprint density at radius 2 is 2.00 bits per heavy atom. The summed E-state index contributed by atoms with van der Waals surface area (Å²) >= 11 is 9.88. The van der Waals surface area contributed by atoms with E-state index < -0.39 is 0 Å². The lowest BCUT2D eigenvalue weighted by Gasteiger charge is -2.09. The summed E-state index contributed by atoms with van der Waals surface area (Å²) in [6.45, 7) is 0. The summed E-state index contributed by atoms with van der Waals surface area (Å²) in [5.74, 6) is 0.926. The van der Waals surface area contributed by atoms with E-state index in [-0.39, 0.29) is 0 Å². The second-order valence-electron chi connectivity index (χ2n) is 5.41. The number of nitrogen functional groups attached to an aromatic ring is 1. The highest BCUT2D eigenvalue weighted by molar-refractivity contribution is 9.10. The first-order valence-electron chi connectivity index (χ1n) is 6.86. The first kappa shape index (κ1) is 13.2. The number of rotatable bonds is 2. The largest absolute Gasteiger partial charge is 0.399 e. The van der Waals surface area contributed by atoms with Crippen LogP contribution >= 0.6 is 27.5 Å². The Kier molecular flexibility index (Phi) is 2.98. The summed E-state index contributed by atoms with van der Waals surface area (Å²) in [6.07, 6.45) is 2.39. The molecule has 0 spiro atoms. The molecule has 0 saturated heterocycles. The summed E-state index contributed by atoms with van der Waals surface area (Å²) in [4.78, 5) is 4.80. The summed E-state index contributed by atoms with van der Waals surface area (Å²) in [6, 6.07) is 12.3. The topological polar surface area (TPSA) is 43.8 Å². The number of halogens is 2. The van der Waals surface area contributed by atoms with Crippen LogP contribution in [0.3, 0.4) is 0 Å². The third kappa shape index (κ3) is 2.23. The predicted molar refractivity (Wildman–Crippen MR) is 90.6 cm³/mol. The fourth-order valence-corrected chi connectivity index (χ4v) is 3.30. The maximum absolute atomic E-state index is 6.38. The Labute approximate surface area is 135 Å². The van der Waals surface area contributed by atoms with E-state index in [1.54, 1.807) is 6.07 Å². The van der Waals surface area contributed by atoms with Gasteiger partial charge in [-0.15, -0.1) is 0 Å². The predicted octanol–water partition coefficient (Wildman–Crippen LogP) is 5.04. The van der Waals surface area contributed by atoms with Gasteiger partial charge in [0.1, 0.15) is 5.82 Å². The van der Waals surface area contributed by atoms with Crippen LogP contribution in [-0.2, 0) is 0 Å². The van der Waals surface area contributed by atoms with E-state index in [0.717, 1.165) is 26.9 Å². The maximum atomic E-state index is 6.38. The van der Waals surface area contributed by atoms with Crippen molar-refractivity contribution in [3.05, 3.63) is 45.9 Å². The quantitative estimate of drug-likeness (QED) is 0.649. The van der Waals surface area contributed by atoms with E-state index in [1.807, 2.05) is 18.2 Å². The number of benzene rings is 2. The standard InChI is InChI=1S/C16H13BrClN3/c17-9-1-6-15-14(7-9)20-16(21(15)11-3-4-11)12-5-2-10(19)8-13(12)18/h1-2,5-8,11H,3-4,19H2. The van der Waals surface area contributed by atoms with Crippen LogP contribution in [0, 0.1) is 0 Å². The van der Waals surface area contributed by atoms with Crippen LogP contribution in [0.25, 0.3) is 22.4 Å². The summed E-state index contributed by atoms with van der Waals surface area (Å²) < 4.78 is 3.34. The van der Waals surface area contributed by atoms with E-state index in [0.29, 0.717) is 16.8 Å². The molecular formula is C16H13BrClN3. The zero-order valence-electron chi connectivity index (χ0n) is 11.2. The van der Waals surface area contributed by atoms with Crippen molar-refractivity contribution in [1.82, 2.24) is 9.55 Å². The lowest BCUT2D eigenvalue weighted by atomic mass is 10.2. The van der Waals surface area contributed by atoms with Crippen molar-refractivity contribution >= 4 is 44.3 Å². The molecule has 5 heteroatoms. The van der Waals surface area contributed by atoms with Crippen LogP contribution < -0.4 is 5.73 Å². The second kappa shape index (κ2) is 4.75. The van der Waals surface area contributed by atoms with E-state index >= 15 is 0 Å². The number of imidazole rings is 1. The minimum Gasteiger partial charge on any atom is -0.399 e. The molecule has 1 heterocycles. The van der Waals surface area contributed by atoms with Crippen molar-refractivity contribution in [3.8, 4) is 11.4 Å². The van der Waals surface area contributed by atoms with Gasteiger partial charge in [-0.1, -0.05) is 27.5 Å². The molecule has 0 unspecified atom stereocenters. The molecule has 2 aromatic carbocycles. The van der Waals surface area contributed by atoms with Gasteiger partial charge in [0.25, 0.3) is 0 Å². The SMILES string of the molecule is Nc1ccc(-c2nc3cc(Br)ccc3n2C2CC2)c(Cl)c1. The van der Waals surface area contributed by atoms with Crippen LogP contribution in [0.2, 0.25) is 5.02 Å². The van der Waals surface area contributed by atoms with Gasteiger partial charge < -0.3 is 10.3 Å². The molecule has 0 aliphatic heterocycles. The first-order chi connectivity index (χ1) is 10.1. The average Bonchev–Trinajstić information content (AvgIpc) is 3.20. The zero-order valence-corrected chi connectivity index (χ0v) is 13.5. The number of hydrogen-bond acceptors (Lipinski definition) is 2. The van der Waals surface area contributed by atoms with E-state index in [4.69, 9.17) is 22.3 Å². The molecule has 1 aliphatic carbocycles. The Hall–Kier alpha value is -1.52. The molecule has 1 aromatic heterocycles. The molecule has 2 N–H and O–H groups in total. The van der Waals surface area contributed by atoms with Gasteiger partial charge >= 0.3 is 0 Å². The van der Waals surface area contributed by atoms with Crippen molar-refractivity contribution in [1.29, 1.82) is 0 Å². The fourth-order valence-electron chi connectivity index (χ4n) is 2.68. The normalized spacial score (nSPS) is 14.8. The van der Waals surface area contributed by atoms with Gasteiger partial charge in [-0.25, -0.2) is 4.98 Å². The van der Waals surface area contributed by atoms with Crippen molar-refractivity contribution in [2.45, 2.75) is 18.9 Å². The number of nitrogens with two attached hydrogens (primary N) is 1. The maximum Gasteiger partial charge on any atom is 0.142 e. The number of fused-ring (bicyclic) bond motifs is 1. The molecule has 21 heavy (non-hydrogen) atoms. The molecule has 1 aliphatic rings. The lowest BCUT2D eigenvalue weighted by molar-refractivity contribution is 0.775. The van der Waals surface area contributed by atoms with Gasteiger partial charge in [0.2, 0.25) is 0 Å². The van der Waals surface area contributed by atoms with Gasteiger partial charge in [0, 0.05) is 21.8 Å². The van der Waals surface area contributed by atoms with Gasteiger partial charge in [-0.05, 0) is 49.2 Å². The highest BCUT2D eigenvalue weighted by Crippen LogP contribution is 2.42. The summed E-state index contributed by atoms with van der Waals surface area (Å²) in [7, 11) is 0. The van der Waals surface area contributed by atoms with Gasteiger partial charge in [0.15, 0.2) is 0 Å². The summed E-state index contributed by atoms with van der Waals surface area (Å²) in [5.41, 5.74) is 9.54. The monoisotopic (exact) mass is 361 g/mol. The molecule has 0 amide bonds. The number of hydrogen-bond donors (Lipinski definition) is 1. The van der Waals surface area contributed by atoms with Crippen LogP contribution in [0.5, 0.6) is 0 Å². The smallest absolute Gasteiger partial charge is 0.142 e. The molecule has 1 saturated carbocycles. The van der Waals surface area contributed by atoms with Gasteiger partial charge in [-0.2, -0.15) is 0 Å². The van der Waals surface area contributed by atoms with Crippen LogP contribution in [-0.4, -0.2) is 9.55 Å². The van der Waals surface area contributed by atoms with Crippen LogP contribution in [0.1, 0.15) is 18.9 Å². The van der Waals surface area contributed by atoms with Crippen molar-refractivity contribution < 1.29 is 0 Å². The van der Waals surface area contributed by atoms with E-state index in [1.165, 1.54) is 12.8 Å². The van der Waals surface area contributed by atoms with Crippen molar-refractivity contribution in [2.75, 3.05) is 5.73 Å². The second-order valence-corrected chi connectivity index (χ2v) is 6.73. The molecule has 3 aromatic rings. The van der Waals surface area contributed by atoms with Crippen molar-refractivity contribution in [2.24, 2.45) is 0 Å². The minimum atomic E-state index is 0.528. The Morgan fingerprint density at radius 1 is 1.19 bits per heavy atom. The van der Waals surface area contributed by atoms with Gasteiger partial charge in [0.05, 0.1) is 16.1 Å². The minimum absolute atomic E-state index is 0.528. The molecule has 0 radical (unpaired) electrons. The van der Waals surface area contributed by atoms with E-state index in [9.17, 15) is 0 Å². The Balaban J connectivity index is 2.01. The molecule has 106 valence electrons. The van der Waals surface area contributed by atoms with Crippen LogP contribution in [0.4, 0.5) is 5.69 Å². The number of nitrogens with zero attached hydrogens (tertiary/aromatic N) is 2. The Morgan fingerprint density at radius 3 is 2.71 bits per heavy atom. The highest BCUT2D eigenvalue weighted by atomic mass is 79.9. The third-order valence-corrected chi connectivity index (χ3v) is 4.60. The fraction of sp³-hybridized carbons (Fsp3) is 0.188. The number of anilines is 1. The molecular weight excluding hydrogens is 350 g/mol. The van der Waals surface area contributed by atoms with Crippen LogP contribution in [0.15, 0.2) is 40.9 Å². The summed E-state index contributed by atoms with van der Waals surface area (Å²) in [5, 5.41) is 0.645. The average molecular weight is 363 g/mol. The van der Waals surface area contributed by atoms with E-state index in [2.05, 4.69) is 32.6 Å². The highest BCUT2D eigenvalue weighted by Gasteiger charge is 2.29. The molecule has 0 bridgehead atoms. The zero-order chi connectivity index (χ0) is 14.6. The lowest BCUT2D eigenvalue weighted by Crippen LogP contribution is -1.98. The first-order valence-corrected chi connectivity index (χ1v) is 8.03. The molecule has 3 nitrogen and oxygen atoms in total. The molecule has 1 fully saturated rings. The third-order valence-electron chi connectivity index (χ3n) is 3.80. The Bertz CT molecular complexity index is 852. The molecule has 4 rings (SSSR count). The van der Waals surface area contributed by atoms with Crippen molar-refractivity contribution in [3.63, 3.8) is 0 Å². The van der Waals surface area contributed by atoms with Gasteiger partial charge in [-0.3, -0.25) is 0 Å². The molecule has 0 atom stereocenters. The number of aromatic nitrogens is 2.